The number of furan rings is 1. The summed E-state index contributed by atoms with van der Waals surface area (Å²) in [6.45, 7) is 0.0302. The van der Waals surface area contributed by atoms with Crippen LogP contribution in [0.3, 0.4) is 0 Å². The molecule has 37 heavy (non-hydrogen) atoms. The van der Waals surface area contributed by atoms with Crippen molar-refractivity contribution in [1.29, 1.82) is 0 Å². The molecule has 3 aromatic carbocycles. The number of Topliss-reactive ketones (excluding diaryl/α,β-unsaturated/α-hetero) is 1. The summed E-state index contributed by atoms with van der Waals surface area (Å²) in [5.41, 5.74) is 1.79. The summed E-state index contributed by atoms with van der Waals surface area (Å²) in [5, 5.41) is 21.7. The second-order valence-electron chi connectivity index (χ2n) is 8.50. The first-order valence-corrected chi connectivity index (χ1v) is 11.6. The molecule has 186 valence electrons. The lowest BCUT2D eigenvalue weighted by molar-refractivity contribution is -0.130. The third kappa shape index (κ3) is 4.43. The quantitative estimate of drug-likeness (QED) is 0.261. The number of aliphatic hydroxyl groups is 1. The minimum atomic E-state index is -0.960. The molecule has 0 fully saturated rings. The number of benzene rings is 3. The number of hydrogen-bond acceptors (Lipinski definition) is 7. The van der Waals surface area contributed by atoms with E-state index in [2.05, 4.69) is 0 Å². The number of hydrogen-bond donors (Lipinski definition) is 2. The Bertz CT molecular complexity index is 1570. The summed E-state index contributed by atoms with van der Waals surface area (Å²) < 4.78 is 10.4. The fourth-order valence-corrected chi connectivity index (χ4v) is 4.55. The van der Waals surface area contributed by atoms with E-state index in [-0.39, 0.29) is 23.6 Å². The van der Waals surface area contributed by atoms with E-state index in [1.165, 1.54) is 30.2 Å². The number of methoxy groups -OCH3 is 1. The Hall–Kier alpha value is -4.56. The minimum Gasteiger partial charge on any atom is -0.508 e. The zero-order chi connectivity index (χ0) is 26.3. The fraction of sp³-hybridized carbons (Fsp3) is 0.107. The average Bonchev–Trinajstić information content (AvgIpc) is 3.43. The van der Waals surface area contributed by atoms with E-state index in [9.17, 15) is 24.6 Å². The molecule has 1 unspecified atom stereocenters. The zero-order valence-electron chi connectivity index (χ0n) is 19.5. The summed E-state index contributed by atoms with van der Waals surface area (Å²) in [6, 6.07) is 17.9. The molecule has 5 rings (SSSR count). The van der Waals surface area contributed by atoms with Crippen molar-refractivity contribution in [2.75, 3.05) is 7.11 Å². The van der Waals surface area contributed by atoms with Gasteiger partial charge in [0, 0.05) is 17.0 Å². The van der Waals surface area contributed by atoms with Crippen LogP contribution in [0.1, 0.15) is 38.1 Å². The second kappa shape index (κ2) is 9.48. The molecule has 1 atom stereocenters. The maximum atomic E-state index is 13.6. The number of rotatable bonds is 6. The monoisotopic (exact) mass is 517 g/mol. The lowest BCUT2D eigenvalue weighted by Crippen LogP contribution is -2.30. The Morgan fingerprint density at radius 2 is 1.70 bits per heavy atom. The van der Waals surface area contributed by atoms with Gasteiger partial charge in [-0.1, -0.05) is 35.9 Å². The van der Waals surface area contributed by atoms with Gasteiger partial charge in [-0.05, 0) is 59.7 Å². The number of ether oxygens (including phenoxy) is 1. The molecular formula is C28H20ClNO7. The molecule has 0 bridgehead atoms. The van der Waals surface area contributed by atoms with Crippen LogP contribution in [0.5, 0.6) is 5.75 Å². The van der Waals surface area contributed by atoms with Crippen LogP contribution in [0.25, 0.3) is 11.0 Å². The highest BCUT2D eigenvalue weighted by Gasteiger charge is 2.44. The van der Waals surface area contributed by atoms with E-state index >= 15 is 0 Å². The fourth-order valence-electron chi connectivity index (χ4n) is 4.37. The Balaban J connectivity index is 1.54. The van der Waals surface area contributed by atoms with E-state index in [0.717, 1.165) is 0 Å². The Morgan fingerprint density at radius 1 is 1.00 bits per heavy atom. The van der Waals surface area contributed by atoms with E-state index in [0.29, 0.717) is 32.7 Å². The van der Waals surface area contributed by atoms with Gasteiger partial charge in [-0.2, -0.15) is 0 Å². The summed E-state index contributed by atoms with van der Waals surface area (Å²) in [7, 11) is 1.28. The first kappa shape index (κ1) is 24.1. The lowest BCUT2D eigenvalue weighted by atomic mass is 9.94. The van der Waals surface area contributed by atoms with Crippen LogP contribution >= 0.6 is 11.6 Å². The van der Waals surface area contributed by atoms with Crippen molar-refractivity contribution in [2.24, 2.45) is 0 Å². The summed E-state index contributed by atoms with van der Waals surface area (Å²) in [5.74, 6) is -2.62. The van der Waals surface area contributed by atoms with Crippen LogP contribution in [0.2, 0.25) is 5.02 Å². The first-order valence-electron chi connectivity index (χ1n) is 11.2. The largest absolute Gasteiger partial charge is 0.508 e. The molecule has 2 heterocycles. The number of halogens is 1. The molecule has 8 nitrogen and oxygen atoms in total. The van der Waals surface area contributed by atoms with Crippen LogP contribution in [0.4, 0.5) is 0 Å². The van der Waals surface area contributed by atoms with Gasteiger partial charge in [0.1, 0.15) is 11.3 Å². The van der Waals surface area contributed by atoms with Crippen molar-refractivity contribution in [3.63, 3.8) is 0 Å². The van der Waals surface area contributed by atoms with E-state index in [1.54, 1.807) is 54.6 Å². The molecule has 0 saturated heterocycles. The summed E-state index contributed by atoms with van der Waals surface area (Å²) in [6.07, 6.45) is 0. The molecule has 0 aliphatic carbocycles. The van der Waals surface area contributed by atoms with E-state index < -0.39 is 29.5 Å². The maximum Gasteiger partial charge on any atom is 0.337 e. The molecule has 1 aliphatic rings. The summed E-state index contributed by atoms with van der Waals surface area (Å²) in [4.78, 5) is 40.0. The van der Waals surface area contributed by atoms with Gasteiger partial charge in [0.05, 0.1) is 24.3 Å². The van der Waals surface area contributed by atoms with Crippen molar-refractivity contribution >= 4 is 40.2 Å². The number of amides is 1. The van der Waals surface area contributed by atoms with Crippen molar-refractivity contribution < 1.29 is 33.8 Å². The Kier molecular flexibility index (Phi) is 6.19. The molecule has 9 heteroatoms. The van der Waals surface area contributed by atoms with Crippen LogP contribution in [0.15, 0.2) is 88.5 Å². The van der Waals surface area contributed by atoms with E-state index in [1.807, 2.05) is 0 Å². The number of fused-ring (bicyclic) bond motifs is 1. The predicted octanol–water partition coefficient (Wildman–Crippen LogP) is 5.36. The smallest absolute Gasteiger partial charge is 0.337 e. The number of nitrogens with zero attached hydrogens (tertiary/aromatic N) is 1. The van der Waals surface area contributed by atoms with Crippen LogP contribution in [-0.2, 0) is 16.1 Å². The third-order valence-electron chi connectivity index (χ3n) is 6.19. The number of phenolic OH excluding ortho intramolecular Hbond substituents is 1. The van der Waals surface area contributed by atoms with Crippen molar-refractivity contribution in [1.82, 2.24) is 4.90 Å². The predicted molar refractivity (Wildman–Crippen MR) is 134 cm³/mol. The average molecular weight is 518 g/mol. The number of aromatic hydroxyl groups is 1. The number of carbonyl (C=O) groups is 3. The lowest BCUT2D eigenvalue weighted by Gasteiger charge is -2.27. The highest BCUT2D eigenvalue weighted by molar-refractivity contribution is 6.31. The molecule has 4 aromatic rings. The summed E-state index contributed by atoms with van der Waals surface area (Å²) >= 11 is 6.05. The molecular weight excluding hydrogens is 498 g/mol. The third-order valence-corrected chi connectivity index (χ3v) is 6.42. The number of aliphatic hydroxyl groups excluding tert-OH is 1. The highest BCUT2D eigenvalue weighted by atomic mass is 35.5. The van der Waals surface area contributed by atoms with Crippen molar-refractivity contribution in [3.8, 4) is 5.75 Å². The standard InChI is InChI=1S/C28H20ClNO7/c1-36-28(35)17-4-2-15(3-5-17)14-30-24(16-6-9-20(31)10-7-16)23(26(33)27(30)34)25(32)22-13-18-12-19(29)8-11-21(18)37-22/h2-13,24,31,33H,14H2,1H3. The number of carbonyl (C=O) groups excluding carboxylic acids is 3. The van der Waals surface area contributed by atoms with E-state index in [4.69, 9.17) is 20.8 Å². The van der Waals surface area contributed by atoms with Gasteiger partial charge in [-0.25, -0.2) is 4.79 Å². The molecule has 1 aliphatic heterocycles. The SMILES string of the molecule is COC(=O)c1ccc(CN2C(=O)C(O)=C(C(=O)c3cc4cc(Cl)ccc4o3)C2c2ccc(O)cc2)cc1. The highest BCUT2D eigenvalue weighted by Crippen LogP contribution is 2.41. The molecule has 0 saturated carbocycles. The van der Waals surface area contributed by atoms with Crippen LogP contribution < -0.4 is 0 Å². The van der Waals surface area contributed by atoms with Gasteiger partial charge in [0.2, 0.25) is 5.78 Å². The number of ketones is 1. The molecule has 0 radical (unpaired) electrons. The van der Waals surface area contributed by atoms with Gasteiger partial charge in [-0.15, -0.1) is 0 Å². The minimum absolute atomic E-state index is 0.00765. The zero-order valence-corrected chi connectivity index (χ0v) is 20.2. The Morgan fingerprint density at radius 3 is 2.38 bits per heavy atom. The second-order valence-corrected chi connectivity index (χ2v) is 8.94. The van der Waals surface area contributed by atoms with Crippen LogP contribution in [-0.4, -0.2) is 39.9 Å². The number of phenols is 1. The van der Waals surface area contributed by atoms with Gasteiger partial charge in [0.15, 0.2) is 11.5 Å². The maximum absolute atomic E-state index is 13.6. The molecule has 1 amide bonds. The van der Waals surface area contributed by atoms with Gasteiger partial charge in [-0.3, -0.25) is 9.59 Å². The van der Waals surface area contributed by atoms with Crippen LogP contribution in [0, 0.1) is 0 Å². The van der Waals surface area contributed by atoms with Gasteiger partial charge >= 0.3 is 5.97 Å². The topological polar surface area (TPSA) is 117 Å². The number of esters is 1. The van der Waals surface area contributed by atoms with Gasteiger partial charge in [0.25, 0.3) is 5.91 Å². The molecule has 1 aromatic heterocycles. The molecule has 0 spiro atoms. The Labute approximate surface area is 215 Å². The van der Waals surface area contributed by atoms with Crippen molar-refractivity contribution in [3.05, 3.63) is 112 Å². The normalized spacial score (nSPS) is 15.5. The van der Waals surface area contributed by atoms with Gasteiger partial charge < -0.3 is 24.3 Å². The first-order chi connectivity index (χ1) is 17.8. The molecule has 2 N–H and O–H groups in total. The van der Waals surface area contributed by atoms with Crippen molar-refractivity contribution in [2.45, 2.75) is 12.6 Å².